The highest BCUT2D eigenvalue weighted by Crippen LogP contribution is 2.35. The Morgan fingerprint density at radius 1 is 1.05 bits per heavy atom. The van der Waals surface area contributed by atoms with Gasteiger partial charge in [0.15, 0.2) is 17.0 Å². The Morgan fingerprint density at radius 3 is 2.35 bits per heavy atom. The van der Waals surface area contributed by atoms with E-state index in [1.165, 1.54) is 24.8 Å². The average molecular weight is 574 g/mol. The lowest BCUT2D eigenvalue weighted by molar-refractivity contribution is -0.158. The van der Waals surface area contributed by atoms with Gasteiger partial charge in [-0.15, -0.1) is 0 Å². The van der Waals surface area contributed by atoms with E-state index in [-0.39, 0.29) is 29.6 Å². The zero-order valence-corrected chi connectivity index (χ0v) is 24.5. The number of imidazole rings is 1. The van der Waals surface area contributed by atoms with Gasteiger partial charge in [-0.3, -0.25) is 18.3 Å². The Hall–Kier alpha value is -3.42. The SMILES string of the molecule is Cc1ccc(S(=O)(=O)OC2CC(n3cnc4c(NC(=O)C(C)(C)C)ncnc43)OC2COC(=O)C(C)(C)C)cc1. The van der Waals surface area contributed by atoms with Gasteiger partial charge in [-0.1, -0.05) is 38.5 Å². The molecular weight excluding hydrogens is 538 g/mol. The van der Waals surface area contributed by atoms with Crippen LogP contribution in [-0.4, -0.2) is 58.6 Å². The summed E-state index contributed by atoms with van der Waals surface area (Å²) in [4.78, 5) is 37.9. The van der Waals surface area contributed by atoms with Gasteiger partial charge in [-0.2, -0.15) is 8.42 Å². The van der Waals surface area contributed by atoms with Crippen molar-refractivity contribution >= 4 is 39.0 Å². The second-order valence-corrected chi connectivity index (χ2v) is 13.4. The van der Waals surface area contributed by atoms with Gasteiger partial charge in [0.1, 0.15) is 31.4 Å². The average Bonchev–Trinajstić information content (AvgIpc) is 3.45. The van der Waals surface area contributed by atoms with Crippen LogP contribution in [0.25, 0.3) is 11.2 Å². The first-order chi connectivity index (χ1) is 18.6. The summed E-state index contributed by atoms with van der Waals surface area (Å²) in [6.45, 7) is 12.1. The molecule has 3 atom stereocenters. The molecule has 1 aliphatic heterocycles. The summed E-state index contributed by atoms with van der Waals surface area (Å²) < 4.78 is 45.1. The fourth-order valence-corrected chi connectivity index (χ4v) is 4.98. The predicted octanol–water partition coefficient (Wildman–Crippen LogP) is 3.77. The van der Waals surface area contributed by atoms with Crippen molar-refractivity contribution < 1.29 is 31.7 Å². The van der Waals surface area contributed by atoms with Gasteiger partial charge in [0.2, 0.25) is 5.91 Å². The van der Waals surface area contributed by atoms with E-state index in [0.29, 0.717) is 11.2 Å². The molecule has 1 saturated heterocycles. The van der Waals surface area contributed by atoms with Gasteiger partial charge >= 0.3 is 5.97 Å². The van der Waals surface area contributed by atoms with Crippen molar-refractivity contribution in [1.82, 2.24) is 19.5 Å². The Bertz CT molecular complexity index is 1500. The fraction of sp³-hybridized carbons (Fsp3) is 0.519. The van der Waals surface area contributed by atoms with Crippen LogP contribution in [0.3, 0.4) is 0 Å². The highest BCUT2D eigenvalue weighted by atomic mass is 32.2. The first kappa shape index (κ1) is 29.6. The van der Waals surface area contributed by atoms with Crippen LogP contribution in [-0.2, 0) is 33.4 Å². The molecule has 216 valence electrons. The number of anilines is 1. The summed E-state index contributed by atoms with van der Waals surface area (Å²) in [5.74, 6) is -0.457. The molecule has 0 spiro atoms. The van der Waals surface area contributed by atoms with Crippen molar-refractivity contribution in [3.8, 4) is 0 Å². The number of benzene rings is 1. The molecule has 1 aromatic carbocycles. The topological polar surface area (TPSA) is 152 Å². The molecular formula is C27H35N5O7S. The Balaban J connectivity index is 1.62. The van der Waals surface area contributed by atoms with Gasteiger partial charge in [0.25, 0.3) is 10.1 Å². The maximum absolute atomic E-state index is 13.1. The summed E-state index contributed by atoms with van der Waals surface area (Å²) in [7, 11) is -4.15. The van der Waals surface area contributed by atoms with Gasteiger partial charge in [0.05, 0.1) is 16.6 Å². The van der Waals surface area contributed by atoms with Crippen LogP contribution < -0.4 is 5.32 Å². The normalized spacial score (nSPS) is 20.0. The molecule has 3 heterocycles. The number of aromatic nitrogens is 4. The lowest BCUT2D eigenvalue weighted by atomic mass is 9.96. The monoisotopic (exact) mass is 573 g/mol. The Morgan fingerprint density at radius 2 is 1.73 bits per heavy atom. The molecule has 40 heavy (non-hydrogen) atoms. The second-order valence-electron chi connectivity index (χ2n) is 11.9. The molecule has 3 aromatic rings. The van der Waals surface area contributed by atoms with Gasteiger partial charge in [-0.05, 0) is 39.8 Å². The minimum absolute atomic E-state index is 0.00652. The number of hydrogen-bond donors (Lipinski definition) is 1. The van der Waals surface area contributed by atoms with Crippen LogP contribution in [0, 0.1) is 17.8 Å². The minimum Gasteiger partial charge on any atom is -0.462 e. The fourth-order valence-electron chi connectivity index (χ4n) is 3.87. The molecule has 0 aliphatic carbocycles. The zero-order chi connectivity index (χ0) is 29.5. The number of nitrogens with zero attached hydrogens (tertiary/aromatic N) is 4. The number of carbonyl (C=O) groups excluding carboxylic acids is 2. The number of carbonyl (C=O) groups is 2. The van der Waals surface area contributed by atoms with Crippen LogP contribution >= 0.6 is 0 Å². The number of fused-ring (bicyclic) bond motifs is 1. The Labute approximate surface area is 233 Å². The third-order valence-electron chi connectivity index (χ3n) is 6.31. The van der Waals surface area contributed by atoms with Crippen molar-refractivity contribution in [1.29, 1.82) is 0 Å². The largest absolute Gasteiger partial charge is 0.462 e. The number of hydrogen-bond acceptors (Lipinski definition) is 10. The van der Waals surface area contributed by atoms with Crippen molar-refractivity contribution in [2.75, 3.05) is 11.9 Å². The number of ether oxygens (including phenoxy) is 2. The lowest BCUT2D eigenvalue weighted by Crippen LogP contribution is -2.34. The Kier molecular flexibility index (Phi) is 8.03. The summed E-state index contributed by atoms with van der Waals surface area (Å²) in [5, 5.41) is 2.78. The number of aryl methyl sites for hydroxylation is 1. The van der Waals surface area contributed by atoms with Crippen LogP contribution in [0.2, 0.25) is 0 Å². The van der Waals surface area contributed by atoms with E-state index in [1.807, 2.05) is 6.92 Å². The summed E-state index contributed by atoms with van der Waals surface area (Å²) in [6, 6.07) is 6.31. The molecule has 1 fully saturated rings. The van der Waals surface area contributed by atoms with Crippen molar-refractivity contribution in [2.45, 2.75) is 78.2 Å². The molecule has 0 radical (unpaired) electrons. The van der Waals surface area contributed by atoms with E-state index in [9.17, 15) is 18.0 Å². The van der Waals surface area contributed by atoms with E-state index < -0.39 is 45.4 Å². The molecule has 1 N–H and O–H groups in total. The van der Waals surface area contributed by atoms with Crippen molar-refractivity contribution in [2.24, 2.45) is 10.8 Å². The molecule has 1 aliphatic rings. The first-order valence-corrected chi connectivity index (χ1v) is 14.3. The maximum atomic E-state index is 13.1. The van der Waals surface area contributed by atoms with Crippen LogP contribution in [0.4, 0.5) is 5.82 Å². The molecule has 0 saturated carbocycles. The summed E-state index contributed by atoms with van der Waals surface area (Å²) in [5.41, 5.74) is 0.211. The molecule has 12 nitrogen and oxygen atoms in total. The van der Waals surface area contributed by atoms with Crippen LogP contribution in [0.15, 0.2) is 41.8 Å². The maximum Gasteiger partial charge on any atom is 0.311 e. The number of nitrogens with one attached hydrogen (secondary N) is 1. The van der Waals surface area contributed by atoms with Crippen LogP contribution in [0.5, 0.6) is 0 Å². The predicted molar refractivity (Wildman–Crippen MR) is 146 cm³/mol. The van der Waals surface area contributed by atoms with Crippen LogP contribution in [0.1, 0.15) is 59.8 Å². The minimum atomic E-state index is -4.15. The highest BCUT2D eigenvalue weighted by Gasteiger charge is 2.42. The van der Waals surface area contributed by atoms with Gasteiger partial charge in [-0.25, -0.2) is 15.0 Å². The smallest absolute Gasteiger partial charge is 0.311 e. The van der Waals surface area contributed by atoms with E-state index >= 15 is 0 Å². The molecule has 13 heteroatoms. The quantitative estimate of drug-likeness (QED) is 0.327. The van der Waals surface area contributed by atoms with E-state index in [1.54, 1.807) is 58.2 Å². The standard InChI is InChI=1S/C27H35N5O7S/c1-16-8-10-17(11-9-16)40(35,36)39-18-12-20(38-19(18)13-37-25(34)27(5,6)7)32-15-30-21-22(28-14-29-23(21)32)31-24(33)26(2,3)4/h8-11,14-15,18-20H,12-13H2,1-7H3,(H,28,29,31,33). The van der Waals surface area contributed by atoms with Crippen molar-refractivity contribution in [3.05, 3.63) is 42.5 Å². The van der Waals surface area contributed by atoms with E-state index in [4.69, 9.17) is 13.7 Å². The first-order valence-electron chi connectivity index (χ1n) is 12.9. The molecule has 4 rings (SSSR count). The lowest BCUT2D eigenvalue weighted by Gasteiger charge is -2.22. The van der Waals surface area contributed by atoms with E-state index in [0.717, 1.165) is 5.56 Å². The molecule has 3 unspecified atom stereocenters. The summed E-state index contributed by atoms with van der Waals surface area (Å²) in [6.07, 6.45) is 0.266. The second kappa shape index (κ2) is 10.9. The third kappa shape index (κ3) is 6.48. The summed E-state index contributed by atoms with van der Waals surface area (Å²) >= 11 is 0. The zero-order valence-electron chi connectivity index (χ0n) is 23.7. The van der Waals surface area contributed by atoms with Gasteiger partial charge < -0.3 is 14.8 Å². The number of amides is 1. The number of rotatable bonds is 7. The van der Waals surface area contributed by atoms with Gasteiger partial charge in [0, 0.05) is 11.8 Å². The number of esters is 1. The molecule has 1 amide bonds. The third-order valence-corrected chi connectivity index (χ3v) is 7.66. The van der Waals surface area contributed by atoms with E-state index in [2.05, 4.69) is 20.3 Å². The highest BCUT2D eigenvalue weighted by molar-refractivity contribution is 7.86. The van der Waals surface area contributed by atoms with Crippen molar-refractivity contribution in [3.63, 3.8) is 0 Å². The molecule has 2 aromatic heterocycles. The molecule has 0 bridgehead atoms.